The van der Waals surface area contributed by atoms with Crippen LogP contribution in [-0.2, 0) is 14.6 Å². The van der Waals surface area contributed by atoms with Crippen LogP contribution < -0.4 is 0 Å². The maximum Gasteiger partial charge on any atom is 0.353 e. The quantitative estimate of drug-likeness (QED) is 0.874. The van der Waals surface area contributed by atoms with E-state index < -0.39 is 15.8 Å². The van der Waals surface area contributed by atoms with E-state index in [0.29, 0.717) is 5.57 Å². The molecule has 1 atom stereocenters. The lowest BCUT2D eigenvalue weighted by Crippen LogP contribution is -2.34. The number of aliphatic carboxylic acids is 1. The van der Waals surface area contributed by atoms with E-state index in [9.17, 15) is 18.3 Å². The highest BCUT2D eigenvalue weighted by atomic mass is 32.2. The molecule has 1 aliphatic rings. The summed E-state index contributed by atoms with van der Waals surface area (Å²) in [5.41, 5.74) is 2.37. The summed E-state index contributed by atoms with van der Waals surface area (Å²) in [4.78, 5) is 16.1. The summed E-state index contributed by atoms with van der Waals surface area (Å²) in [6, 6.07) is 9.70. The van der Waals surface area contributed by atoms with Crippen molar-refractivity contribution in [1.82, 2.24) is 15.0 Å². The number of likely N-dealkylation sites (N-methyl/N-ethyl adjacent to an activating group) is 2. The monoisotopic (exact) mass is 373 g/mol. The smallest absolute Gasteiger partial charge is 0.353 e. The normalized spacial score (nSPS) is 18.4. The van der Waals surface area contributed by atoms with Gasteiger partial charge in [-0.05, 0) is 35.4 Å². The van der Waals surface area contributed by atoms with Gasteiger partial charge in [-0.3, -0.25) is 4.98 Å². The Balaban J connectivity index is 2.17. The molecule has 26 heavy (non-hydrogen) atoms. The van der Waals surface area contributed by atoms with Crippen LogP contribution in [0, 0.1) is 0 Å². The van der Waals surface area contributed by atoms with Crippen molar-refractivity contribution in [3.05, 3.63) is 65.6 Å². The molecule has 8 heteroatoms. The second-order valence-electron chi connectivity index (χ2n) is 6.14. The third-order valence-electron chi connectivity index (χ3n) is 4.52. The number of carboxylic acids is 1. The molecule has 1 aromatic carbocycles. The van der Waals surface area contributed by atoms with Gasteiger partial charge in [-0.25, -0.2) is 18.2 Å². The highest BCUT2D eigenvalue weighted by molar-refractivity contribution is 7.90. The van der Waals surface area contributed by atoms with Crippen LogP contribution in [0.25, 0.3) is 5.57 Å². The molecule has 0 fully saturated rings. The fourth-order valence-electron chi connectivity index (χ4n) is 3.18. The van der Waals surface area contributed by atoms with Gasteiger partial charge < -0.3 is 10.1 Å². The molecular weight excluding hydrogens is 354 g/mol. The van der Waals surface area contributed by atoms with Gasteiger partial charge in [0.05, 0.1) is 10.9 Å². The largest absolute Gasteiger partial charge is 0.477 e. The Labute approximate surface area is 152 Å². The summed E-state index contributed by atoms with van der Waals surface area (Å²) in [5, 5.41) is 13.1. The molecule has 136 valence electrons. The first-order valence-electron chi connectivity index (χ1n) is 7.86. The summed E-state index contributed by atoms with van der Waals surface area (Å²) >= 11 is 0. The second kappa shape index (κ2) is 6.54. The second-order valence-corrected chi connectivity index (χ2v) is 8.16. The van der Waals surface area contributed by atoms with Crippen LogP contribution in [-0.4, -0.2) is 54.8 Å². The number of hydrogen-bond acceptors (Lipinski definition) is 6. The van der Waals surface area contributed by atoms with Gasteiger partial charge in [0.25, 0.3) is 0 Å². The molecule has 2 heterocycles. The third-order valence-corrected chi connectivity index (χ3v) is 5.65. The molecule has 1 unspecified atom stereocenters. The minimum atomic E-state index is -3.30. The average Bonchev–Trinajstić information content (AvgIpc) is 2.87. The predicted molar refractivity (Wildman–Crippen MR) is 96.6 cm³/mol. The molecule has 1 aliphatic heterocycles. The van der Waals surface area contributed by atoms with Gasteiger partial charge in [-0.1, -0.05) is 12.1 Å². The summed E-state index contributed by atoms with van der Waals surface area (Å²) in [6.45, 7) is 0. The van der Waals surface area contributed by atoms with E-state index >= 15 is 0 Å². The number of pyridine rings is 1. The summed E-state index contributed by atoms with van der Waals surface area (Å²) in [5.74, 6) is -1.03. The minimum Gasteiger partial charge on any atom is -0.477 e. The molecule has 0 aliphatic carbocycles. The zero-order valence-corrected chi connectivity index (χ0v) is 15.4. The van der Waals surface area contributed by atoms with E-state index in [4.69, 9.17) is 0 Å². The maximum atomic E-state index is 11.9. The Kier molecular flexibility index (Phi) is 4.55. The van der Waals surface area contributed by atoms with Crippen LogP contribution in [0.5, 0.6) is 0 Å². The van der Waals surface area contributed by atoms with Crippen molar-refractivity contribution in [2.75, 3.05) is 20.4 Å². The lowest BCUT2D eigenvalue weighted by Gasteiger charge is -2.28. The molecule has 0 saturated heterocycles. The lowest BCUT2D eigenvalue weighted by atomic mass is 9.93. The summed E-state index contributed by atoms with van der Waals surface area (Å²) < 4.78 is 23.4. The van der Waals surface area contributed by atoms with Crippen LogP contribution in [0.1, 0.15) is 17.2 Å². The van der Waals surface area contributed by atoms with Gasteiger partial charge in [0.2, 0.25) is 0 Å². The number of benzene rings is 1. The van der Waals surface area contributed by atoms with Crippen LogP contribution in [0.2, 0.25) is 0 Å². The van der Waals surface area contributed by atoms with Gasteiger partial charge in [0.15, 0.2) is 9.84 Å². The Morgan fingerprint density at radius 3 is 2.15 bits per heavy atom. The van der Waals surface area contributed by atoms with E-state index in [0.717, 1.165) is 17.4 Å². The molecule has 1 N–H and O–H groups in total. The molecule has 1 aromatic heterocycles. The fourth-order valence-corrected chi connectivity index (χ4v) is 3.81. The molecule has 0 spiro atoms. The Morgan fingerprint density at radius 2 is 1.65 bits per heavy atom. The van der Waals surface area contributed by atoms with E-state index in [-0.39, 0.29) is 16.6 Å². The molecule has 3 rings (SSSR count). The first kappa shape index (κ1) is 18.1. The first-order chi connectivity index (χ1) is 12.2. The number of carbonyl (C=O) groups is 1. The number of hydrazine groups is 1. The topological polar surface area (TPSA) is 90.8 Å². The molecule has 2 aromatic rings. The average molecular weight is 373 g/mol. The van der Waals surface area contributed by atoms with Crippen molar-refractivity contribution in [2.45, 2.75) is 10.9 Å². The van der Waals surface area contributed by atoms with Crippen molar-refractivity contribution in [2.24, 2.45) is 0 Å². The Morgan fingerprint density at radius 1 is 1.08 bits per heavy atom. The highest BCUT2D eigenvalue weighted by Gasteiger charge is 2.39. The van der Waals surface area contributed by atoms with E-state index in [1.54, 1.807) is 67.9 Å². The van der Waals surface area contributed by atoms with E-state index in [1.807, 2.05) is 5.01 Å². The number of sulfone groups is 1. The van der Waals surface area contributed by atoms with Crippen molar-refractivity contribution >= 4 is 21.4 Å². The van der Waals surface area contributed by atoms with Crippen LogP contribution in [0.15, 0.2) is 59.4 Å². The van der Waals surface area contributed by atoms with Gasteiger partial charge in [0, 0.05) is 38.3 Å². The van der Waals surface area contributed by atoms with Crippen molar-refractivity contribution in [1.29, 1.82) is 0 Å². The summed E-state index contributed by atoms with van der Waals surface area (Å²) in [7, 11) is 0.192. The van der Waals surface area contributed by atoms with Gasteiger partial charge in [-0.2, -0.15) is 0 Å². The van der Waals surface area contributed by atoms with Crippen LogP contribution in [0.4, 0.5) is 0 Å². The number of carboxylic acid groups (broad SMARTS) is 1. The molecule has 0 bridgehead atoms. The van der Waals surface area contributed by atoms with Crippen LogP contribution >= 0.6 is 0 Å². The summed E-state index contributed by atoms with van der Waals surface area (Å²) in [6.07, 6.45) is 4.39. The first-order valence-corrected chi connectivity index (χ1v) is 9.75. The Hall–Kier alpha value is -2.71. The molecule has 0 saturated carbocycles. The van der Waals surface area contributed by atoms with Crippen molar-refractivity contribution in [3.63, 3.8) is 0 Å². The molecule has 0 radical (unpaired) electrons. The zero-order chi connectivity index (χ0) is 19.1. The molecular formula is C18H19N3O4S. The minimum absolute atomic E-state index is 0.177. The SMILES string of the molecule is CN1C(C(=O)O)=C(c2ccncc2)C(c2ccc(S(C)(=O)=O)cc2)N1C. The Bertz CT molecular complexity index is 969. The fraction of sp³-hybridized carbons (Fsp3) is 0.222. The van der Waals surface area contributed by atoms with Crippen LogP contribution in [0.3, 0.4) is 0 Å². The third kappa shape index (κ3) is 3.09. The maximum absolute atomic E-state index is 11.9. The highest BCUT2D eigenvalue weighted by Crippen LogP contribution is 2.43. The zero-order valence-electron chi connectivity index (χ0n) is 14.6. The number of aromatic nitrogens is 1. The van der Waals surface area contributed by atoms with Gasteiger partial charge in [-0.15, -0.1) is 0 Å². The van der Waals surface area contributed by atoms with Gasteiger partial charge in [0.1, 0.15) is 5.70 Å². The van der Waals surface area contributed by atoms with E-state index in [2.05, 4.69) is 4.98 Å². The van der Waals surface area contributed by atoms with Crippen molar-refractivity contribution in [3.8, 4) is 0 Å². The number of nitrogens with zero attached hydrogens (tertiary/aromatic N) is 3. The standard InChI is InChI=1S/C18H19N3O4S/c1-20-16(13-4-6-14(7-5-13)26(3,24)25)15(12-8-10-19-11-9-12)17(18(22)23)21(20)2/h4-11,16H,1-3H3,(H,22,23). The lowest BCUT2D eigenvalue weighted by molar-refractivity contribution is -0.135. The number of rotatable bonds is 4. The predicted octanol–water partition coefficient (Wildman–Crippen LogP) is 1.81. The van der Waals surface area contributed by atoms with Gasteiger partial charge >= 0.3 is 5.97 Å². The van der Waals surface area contributed by atoms with E-state index in [1.165, 1.54) is 0 Å². The number of hydrogen-bond donors (Lipinski definition) is 1. The molecule has 0 amide bonds. The molecule has 7 nitrogen and oxygen atoms in total. The van der Waals surface area contributed by atoms with Crippen molar-refractivity contribution < 1.29 is 18.3 Å².